The molecule has 1 saturated heterocycles. The van der Waals surface area contributed by atoms with Crippen molar-refractivity contribution in [2.45, 2.75) is 36.5 Å². The predicted molar refractivity (Wildman–Crippen MR) is 82.5 cm³/mol. The molecule has 2 aliphatic heterocycles. The molecule has 2 unspecified atom stereocenters. The van der Waals surface area contributed by atoms with Crippen molar-refractivity contribution < 1.29 is 18.7 Å². The minimum atomic E-state index is -1.83. The third kappa shape index (κ3) is 1.28. The first-order valence-corrected chi connectivity index (χ1v) is 7.82. The summed E-state index contributed by atoms with van der Waals surface area (Å²) in [5, 5.41) is 10.7. The van der Waals surface area contributed by atoms with Gasteiger partial charge in [-0.2, -0.15) is 0 Å². The average Bonchev–Trinajstić information content (AvgIpc) is 2.91. The fraction of sp³-hybridized carbons (Fsp3) is 0.556. The molecular weight excluding hydrogens is 278 g/mol. The summed E-state index contributed by atoms with van der Waals surface area (Å²) in [6, 6.07) is 0.385. The van der Waals surface area contributed by atoms with Gasteiger partial charge in [0.15, 0.2) is 11.5 Å². The van der Waals surface area contributed by atoms with E-state index in [2.05, 4.69) is 11.9 Å². The average molecular weight is 302 g/mol. The van der Waals surface area contributed by atoms with Gasteiger partial charge in [0.2, 0.25) is 0 Å². The third-order valence-corrected chi connectivity index (χ3v) is 6.05. The standard InChI is InChI=1S/C18H21NO3/c1-19-8-7-18-11-4-5-13(20)17(18)22-16-14(21-2)6-3-10(15(16)18)9-12(11)19/h3-6,11-13,17,20H,7-9H2,1-2H3/t11-,12+,13?,17?,18-/m0/s1/i3D,6D,13D. The lowest BCUT2D eigenvalue weighted by atomic mass is 9.53. The van der Waals surface area contributed by atoms with Gasteiger partial charge in [0.25, 0.3) is 0 Å². The first-order valence-electron chi connectivity index (χ1n) is 9.32. The van der Waals surface area contributed by atoms with Crippen molar-refractivity contribution in [2.24, 2.45) is 5.92 Å². The Balaban J connectivity index is 1.89. The zero-order chi connectivity index (χ0) is 17.7. The Morgan fingerprint density at radius 1 is 1.50 bits per heavy atom. The molecule has 2 heterocycles. The normalized spacial score (nSPS) is 46.3. The molecule has 1 spiro atoms. The number of aliphatic hydroxyl groups is 1. The molecule has 116 valence electrons. The minimum absolute atomic E-state index is 0.0203. The molecule has 1 aromatic carbocycles. The van der Waals surface area contributed by atoms with E-state index in [-0.39, 0.29) is 29.8 Å². The highest BCUT2D eigenvalue weighted by Crippen LogP contribution is 2.62. The summed E-state index contributed by atoms with van der Waals surface area (Å²) in [4.78, 5) is 2.29. The van der Waals surface area contributed by atoms with Gasteiger partial charge in [-0.15, -0.1) is 0 Å². The molecule has 0 radical (unpaired) electrons. The van der Waals surface area contributed by atoms with Crippen molar-refractivity contribution in [1.29, 1.82) is 0 Å². The van der Waals surface area contributed by atoms with Crippen LogP contribution in [0.3, 0.4) is 0 Å². The molecule has 2 aliphatic carbocycles. The van der Waals surface area contributed by atoms with Gasteiger partial charge < -0.3 is 19.5 Å². The van der Waals surface area contributed by atoms with Crippen molar-refractivity contribution in [2.75, 3.05) is 20.7 Å². The highest BCUT2D eigenvalue weighted by atomic mass is 16.5. The number of nitrogens with zero attached hydrogens (tertiary/aromatic N) is 1. The first-order chi connectivity index (χ1) is 11.8. The molecule has 22 heavy (non-hydrogen) atoms. The van der Waals surface area contributed by atoms with Gasteiger partial charge >= 0.3 is 0 Å². The van der Waals surface area contributed by atoms with E-state index in [1.165, 1.54) is 7.11 Å². The SMILES string of the molecule is [2H]c1c([2H])c(OC)c2c3c1C[C@@H]1[C@@H]4C=CC([2H])(O)C(O2)[C@]34CCN1C. The molecule has 0 amide bonds. The molecule has 0 aromatic heterocycles. The Morgan fingerprint density at radius 2 is 2.36 bits per heavy atom. The van der Waals surface area contributed by atoms with Gasteiger partial charge in [0.05, 0.1) is 11.2 Å². The maximum atomic E-state index is 10.7. The van der Waals surface area contributed by atoms with Gasteiger partial charge in [-0.3, -0.25) is 0 Å². The van der Waals surface area contributed by atoms with Crippen LogP contribution >= 0.6 is 0 Å². The fourth-order valence-electron chi connectivity index (χ4n) is 5.07. The van der Waals surface area contributed by atoms with Gasteiger partial charge in [0.1, 0.15) is 12.2 Å². The molecule has 0 saturated carbocycles. The summed E-state index contributed by atoms with van der Waals surface area (Å²) < 4.78 is 36.8. The zero-order valence-electron chi connectivity index (χ0n) is 15.7. The van der Waals surface area contributed by atoms with Crippen LogP contribution in [-0.4, -0.2) is 48.9 Å². The Morgan fingerprint density at radius 3 is 3.18 bits per heavy atom. The van der Waals surface area contributed by atoms with Gasteiger partial charge in [-0.25, -0.2) is 0 Å². The lowest BCUT2D eigenvalue weighted by molar-refractivity contribution is -0.0453. The molecule has 1 N–H and O–H groups in total. The number of likely N-dealkylation sites (N-methyl/N-ethyl adjacent to an activating group) is 1. The summed E-state index contributed by atoms with van der Waals surface area (Å²) in [5.41, 5.74) is 1.20. The first kappa shape index (κ1) is 10.3. The van der Waals surface area contributed by atoms with Crippen LogP contribution in [-0.2, 0) is 11.8 Å². The highest BCUT2D eigenvalue weighted by Gasteiger charge is 2.64. The van der Waals surface area contributed by atoms with Crippen molar-refractivity contribution in [1.82, 2.24) is 4.90 Å². The van der Waals surface area contributed by atoms with Crippen LogP contribution < -0.4 is 9.47 Å². The van der Waals surface area contributed by atoms with Crippen LogP contribution in [0.25, 0.3) is 0 Å². The minimum Gasteiger partial charge on any atom is -0.493 e. The maximum Gasteiger partial charge on any atom is 0.165 e. The topological polar surface area (TPSA) is 41.9 Å². The number of hydrogen-bond acceptors (Lipinski definition) is 4. The van der Waals surface area contributed by atoms with Crippen LogP contribution in [0, 0.1) is 5.92 Å². The van der Waals surface area contributed by atoms with Crippen LogP contribution in [0.1, 0.15) is 21.7 Å². The van der Waals surface area contributed by atoms with Crippen LogP contribution in [0.4, 0.5) is 0 Å². The van der Waals surface area contributed by atoms with Gasteiger partial charge in [-0.05, 0) is 38.0 Å². The molecule has 1 aromatic rings. The van der Waals surface area contributed by atoms with Crippen molar-refractivity contribution >= 4 is 0 Å². The molecule has 5 rings (SSSR count). The summed E-state index contributed by atoms with van der Waals surface area (Å²) in [5.74, 6) is 0.835. The maximum absolute atomic E-state index is 10.7. The van der Waals surface area contributed by atoms with E-state index < -0.39 is 17.6 Å². The monoisotopic (exact) mass is 302 g/mol. The Kier molecular flexibility index (Phi) is 1.90. The number of rotatable bonds is 1. The van der Waals surface area contributed by atoms with E-state index in [4.69, 9.17) is 13.6 Å². The lowest BCUT2D eigenvalue weighted by Gasteiger charge is -2.56. The zero-order valence-corrected chi connectivity index (χ0v) is 12.7. The Bertz CT molecular complexity index is 825. The van der Waals surface area contributed by atoms with Crippen LogP contribution in [0.15, 0.2) is 24.2 Å². The van der Waals surface area contributed by atoms with Crippen molar-refractivity contribution in [3.8, 4) is 11.5 Å². The summed E-state index contributed by atoms with van der Waals surface area (Å²) in [7, 11) is 3.56. The number of methoxy groups -OCH3 is 1. The molecule has 4 aliphatic rings. The van der Waals surface area contributed by atoms with E-state index in [0.29, 0.717) is 12.2 Å². The second-order valence-corrected chi connectivity index (χ2v) is 6.82. The quantitative estimate of drug-likeness (QED) is 0.798. The van der Waals surface area contributed by atoms with Crippen molar-refractivity contribution in [3.63, 3.8) is 0 Å². The Hall–Kier alpha value is -1.52. The predicted octanol–water partition coefficient (Wildman–Crippen LogP) is 1.50. The van der Waals surface area contributed by atoms with Crippen LogP contribution in [0.2, 0.25) is 0 Å². The van der Waals surface area contributed by atoms with E-state index >= 15 is 0 Å². The van der Waals surface area contributed by atoms with Gasteiger partial charge in [-0.1, -0.05) is 18.2 Å². The second-order valence-electron chi connectivity index (χ2n) is 6.82. The molecule has 1 fully saturated rings. The van der Waals surface area contributed by atoms with E-state index in [1.54, 1.807) is 6.08 Å². The van der Waals surface area contributed by atoms with E-state index in [0.717, 1.165) is 24.1 Å². The largest absolute Gasteiger partial charge is 0.493 e. The summed E-state index contributed by atoms with van der Waals surface area (Å²) in [6.07, 6.45) is 2.36. The van der Waals surface area contributed by atoms with E-state index in [1.807, 2.05) is 6.08 Å². The number of likely N-dealkylation sites (tertiary alicyclic amines) is 1. The van der Waals surface area contributed by atoms with Crippen LogP contribution in [0.5, 0.6) is 11.5 Å². The third-order valence-electron chi connectivity index (χ3n) is 6.05. The Labute approximate surface area is 134 Å². The molecule has 4 nitrogen and oxygen atoms in total. The summed E-state index contributed by atoms with van der Waals surface area (Å²) >= 11 is 0. The van der Waals surface area contributed by atoms with Crippen molar-refractivity contribution in [3.05, 3.63) is 35.4 Å². The number of ether oxygens (including phenoxy) is 2. The lowest BCUT2D eigenvalue weighted by Crippen LogP contribution is -2.64. The highest BCUT2D eigenvalue weighted by molar-refractivity contribution is 5.62. The number of benzene rings is 1. The smallest absolute Gasteiger partial charge is 0.165 e. The fourth-order valence-corrected chi connectivity index (χ4v) is 5.07. The molecule has 2 bridgehead atoms. The number of piperidine rings is 1. The molecule has 5 atom stereocenters. The van der Waals surface area contributed by atoms with Gasteiger partial charge in [0, 0.05) is 22.9 Å². The summed E-state index contributed by atoms with van der Waals surface area (Å²) in [6.45, 7) is 0.849. The molecular formula is C18H21NO3. The molecule has 4 heteroatoms. The second kappa shape index (κ2) is 4.06. The van der Waals surface area contributed by atoms with E-state index in [9.17, 15) is 5.11 Å². The number of hydrogen-bond donors (Lipinski definition) is 1.